The molecular formula is C11H19NO9S2. The molecule has 2 aliphatic rings. The first kappa shape index (κ1) is 19.1. The molecule has 2 saturated heterocycles. The normalized spacial score (nSPS) is 44.0. The first-order valence-corrected chi connectivity index (χ1v) is 9.02. The summed E-state index contributed by atoms with van der Waals surface area (Å²) in [7, 11) is -4.69. The number of hydrogen-bond donors (Lipinski definition) is 5. The van der Waals surface area contributed by atoms with Gasteiger partial charge < -0.3 is 25.2 Å². The van der Waals surface area contributed by atoms with Crippen LogP contribution in [0.15, 0.2) is 12.7 Å². The maximum atomic E-state index is 10.8. The molecule has 134 valence electrons. The van der Waals surface area contributed by atoms with Crippen LogP contribution in [-0.4, -0.2) is 86.3 Å². The van der Waals surface area contributed by atoms with E-state index in [-0.39, 0.29) is 0 Å². The van der Waals surface area contributed by atoms with Crippen LogP contribution in [0.25, 0.3) is 0 Å². The van der Waals surface area contributed by atoms with E-state index in [1.807, 2.05) is 0 Å². The Kier molecular flexibility index (Phi) is 6.05. The van der Waals surface area contributed by atoms with Crippen LogP contribution in [0.4, 0.5) is 0 Å². The summed E-state index contributed by atoms with van der Waals surface area (Å²) >= 11 is 0.939. The lowest BCUT2D eigenvalue weighted by molar-refractivity contribution is -0.205. The zero-order valence-corrected chi connectivity index (χ0v) is 13.5. The number of hydrogen-bond acceptors (Lipinski definition) is 10. The van der Waals surface area contributed by atoms with Crippen LogP contribution >= 0.6 is 11.8 Å². The third-order valence-electron chi connectivity index (χ3n) is 3.53. The number of aliphatic hydroxyl groups is 4. The Hall–Kier alpha value is -0.280. The van der Waals surface area contributed by atoms with Crippen LogP contribution in [0.5, 0.6) is 0 Å². The Labute approximate surface area is 137 Å². The van der Waals surface area contributed by atoms with E-state index in [9.17, 15) is 23.7 Å². The molecule has 23 heavy (non-hydrogen) atoms. The van der Waals surface area contributed by atoms with Crippen molar-refractivity contribution < 1.29 is 42.4 Å². The summed E-state index contributed by atoms with van der Waals surface area (Å²) in [5.74, 6) is 0. The molecule has 2 fully saturated rings. The van der Waals surface area contributed by atoms with Crippen molar-refractivity contribution in [3.63, 3.8) is 0 Å². The molecule has 6 unspecified atom stereocenters. The van der Waals surface area contributed by atoms with Crippen molar-refractivity contribution in [3.05, 3.63) is 12.7 Å². The van der Waals surface area contributed by atoms with Gasteiger partial charge in [0, 0.05) is 0 Å². The molecule has 0 aromatic carbocycles. The van der Waals surface area contributed by atoms with Crippen molar-refractivity contribution in [3.8, 4) is 0 Å². The number of ether oxygens (including phenoxy) is 1. The van der Waals surface area contributed by atoms with E-state index < -0.39 is 58.3 Å². The van der Waals surface area contributed by atoms with Crippen molar-refractivity contribution in [2.75, 3.05) is 6.61 Å². The van der Waals surface area contributed by atoms with Crippen molar-refractivity contribution in [2.24, 2.45) is 0 Å². The van der Waals surface area contributed by atoms with Crippen LogP contribution in [-0.2, 0) is 19.4 Å². The van der Waals surface area contributed by atoms with E-state index in [4.69, 9.17) is 14.4 Å². The highest BCUT2D eigenvalue weighted by Crippen LogP contribution is 2.45. The molecule has 0 spiro atoms. The minimum atomic E-state index is -4.69. The summed E-state index contributed by atoms with van der Waals surface area (Å²) in [5.41, 5.74) is -1.03. The van der Waals surface area contributed by atoms with Crippen LogP contribution < -0.4 is 0 Å². The number of aliphatic hydroxyl groups excluding tert-OH is 4. The Bertz CT molecular complexity index is 528. The fourth-order valence-corrected chi connectivity index (χ4v) is 4.24. The smallest absolute Gasteiger partial charge is 0.394 e. The Balaban J connectivity index is 2.03. The molecule has 0 radical (unpaired) electrons. The van der Waals surface area contributed by atoms with E-state index in [1.54, 1.807) is 0 Å². The van der Waals surface area contributed by atoms with Crippen molar-refractivity contribution in [2.45, 2.75) is 47.7 Å². The zero-order valence-electron chi connectivity index (χ0n) is 11.9. The molecule has 12 heteroatoms. The second kappa shape index (κ2) is 7.31. The molecule has 0 saturated carbocycles. The average molecular weight is 373 g/mol. The lowest BCUT2D eigenvalue weighted by atomic mass is 10.0. The SMILES string of the molecule is C=CCC1C(S[C@@H]2OC(CO)[C@@H](O)C(O)C2O)N1OS(=O)(=O)O. The van der Waals surface area contributed by atoms with E-state index >= 15 is 0 Å². The van der Waals surface area contributed by atoms with Crippen molar-refractivity contribution in [1.82, 2.24) is 5.06 Å². The largest absolute Gasteiger partial charge is 0.413 e. The summed E-state index contributed by atoms with van der Waals surface area (Å²) in [4.78, 5) is 0. The number of hydroxylamine groups is 2. The minimum Gasteiger partial charge on any atom is -0.394 e. The molecule has 2 heterocycles. The maximum absolute atomic E-state index is 10.8. The van der Waals surface area contributed by atoms with Gasteiger partial charge in [-0.1, -0.05) is 6.08 Å². The van der Waals surface area contributed by atoms with Gasteiger partial charge in [0.25, 0.3) is 0 Å². The lowest BCUT2D eigenvalue weighted by Gasteiger charge is -2.39. The standard InChI is InChI=1S/C11H19NO9S2/c1-2-3-5-10(12(5)21-23(17,18)19)22-11-9(16)8(15)7(14)6(4-13)20-11/h2,5-11,13-16H,1,3-4H2,(H,17,18,19)/t5?,6?,7-,8?,9?,10?,11+,12?/m1/s1. The molecular weight excluding hydrogens is 354 g/mol. The van der Waals surface area contributed by atoms with Crippen LogP contribution in [0.2, 0.25) is 0 Å². The number of nitrogens with zero attached hydrogens (tertiary/aromatic N) is 1. The quantitative estimate of drug-likeness (QED) is 0.188. The molecule has 8 atom stereocenters. The van der Waals surface area contributed by atoms with Gasteiger partial charge in [0.05, 0.1) is 12.6 Å². The Morgan fingerprint density at radius 1 is 1.26 bits per heavy atom. The summed E-state index contributed by atoms with van der Waals surface area (Å²) in [6, 6.07) is -0.424. The molecule has 5 N–H and O–H groups in total. The van der Waals surface area contributed by atoms with Gasteiger partial charge in [-0.05, 0) is 6.42 Å². The van der Waals surface area contributed by atoms with Gasteiger partial charge in [-0.25, -0.2) is 0 Å². The van der Waals surface area contributed by atoms with Crippen molar-refractivity contribution >= 4 is 22.2 Å². The van der Waals surface area contributed by atoms with Gasteiger partial charge in [0.15, 0.2) is 0 Å². The van der Waals surface area contributed by atoms with Crippen LogP contribution in [0.3, 0.4) is 0 Å². The van der Waals surface area contributed by atoms with E-state index in [1.165, 1.54) is 6.08 Å². The van der Waals surface area contributed by atoms with E-state index in [2.05, 4.69) is 10.9 Å². The van der Waals surface area contributed by atoms with Gasteiger partial charge in [0.1, 0.15) is 35.2 Å². The number of rotatable bonds is 7. The van der Waals surface area contributed by atoms with Crippen LogP contribution in [0, 0.1) is 0 Å². The predicted octanol–water partition coefficient (Wildman–Crippen LogP) is -2.16. The average Bonchev–Trinajstić information content (AvgIpc) is 3.08. The monoisotopic (exact) mass is 373 g/mol. The van der Waals surface area contributed by atoms with Gasteiger partial charge >= 0.3 is 10.4 Å². The first-order chi connectivity index (χ1) is 10.7. The fourth-order valence-electron chi connectivity index (χ4n) is 2.30. The molecule has 0 aromatic rings. The fraction of sp³-hybridized carbons (Fsp3) is 0.818. The summed E-state index contributed by atoms with van der Waals surface area (Å²) in [5, 5.41) is 38.9. The second-order valence-electron chi connectivity index (χ2n) is 5.18. The predicted molar refractivity (Wildman–Crippen MR) is 78.2 cm³/mol. The Morgan fingerprint density at radius 3 is 2.43 bits per heavy atom. The van der Waals surface area contributed by atoms with Crippen molar-refractivity contribution in [1.29, 1.82) is 0 Å². The molecule has 10 nitrogen and oxygen atoms in total. The third kappa shape index (κ3) is 4.42. The second-order valence-corrected chi connectivity index (χ2v) is 7.40. The Morgan fingerprint density at radius 2 is 1.91 bits per heavy atom. The lowest BCUT2D eigenvalue weighted by Crippen LogP contribution is -2.57. The molecule has 2 aliphatic heterocycles. The first-order valence-electron chi connectivity index (χ1n) is 6.71. The van der Waals surface area contributed by atoms with Gasteiger partial charge in [0.2, 0.25) is 0 Å². The van der Waals surface area contributed by atoms with E-state index in [0.717, 1.165) is 16.8 Å². The van der Waals surface area contributed by atoms with Gasteiger partial charge in [-0.15, -0.1) is 23.4 Å². The van der Waals surface area contributed by atoms with Gasteiger partial charge in [-0.2, -0.15) is 12.7 Å². The molecule has 0 aliphatic carbocycles. The molecule has 0 amide bonds. The van der Waals surface area contributed by atoms with E-state index in [0.29, 0.717) is 6.42 Å². The molecule has 2 rings (SSSR count). The zero-order chi connectivity index (χ0) is 17.4. The molecule has 0 bridgehead atoms. The number of thioether (sulfide) groups is 1. The molecule has 0 aromatic heterocycles. The third-order valence-corrected chi connectivity index (χ3v) is 5.35. The highest BCUT2D eigenvalue weighted by Gasteiger charge is 2.55. The maximum Gasteiger partial charge on any atom is 0.413 e. The van der Waals surface area contributed by atoms with Gasteiger partial charge in [-0.3, -0.25) is 4.55 Å². The highest BCUT2D eigenvalue weighted by molar-refractivity contribution is 8.00. The van der Waals surface area contributed by atoms with Crippen LogP contribution in [0.1, 0.15) is 6.42 Å². The summed E-state index contributed by atoms with van der Waals surface area (Å²) in [6.07, 6.45) is -3.62. The minimum absolute atomic E-state index is 0.352. The summed E-state index contributed by atoms with van der Waals surface area (Å²) < 4.78 is 40.0. The highest BCUT2D eigenvalue weighted by atomic mass is 32.3. The summed E-state index contributed by atoms with van der Waals surface area (Å²) in [6.45, 7) is 2.96. The topological polar surface area (TPSA) is 157 Å².